The van der Waals surface area contributed by atoms with Crippen molar-refractivity contribution in [2.45, 2.75) is 6.42 Å². The second kappa shape index (κ2) is 6.39. The maximum atomic E-state index is 13.5. The molecule has 0 saturated heterocycles. The predicted molar refractivity (Wildman–Crippen MR) is 80.0 cm³/mol. The summed E-state index contributed by atoms with van der Waals surface area (Å²) in [4.78, 5) is 1.98. The van der Waals surface area contributed by atoms with Crippen molar-refractivity contribution in [3.63, 3.8) is 0 Å². The van der Waals surface area contributed by atoms with Gasteiger partial charge in [-0.25, -0.2) is 4.39 Å². The van der Waals surface area contributed by atoms with E-state index in [1.807, 2.05) is 49.3 Å². The molecule has 0 fully saturated rings. The number of halogens is 1. The van der Waals surface area contributed by atoms with Gasteiger partial charge in [0.2, 0.25) is 0 Å². The minimum absolute atomic E-state index is 0.310. The largest absolute Gasteiger partial charge is 0.457 e. The molecule has 106 valence electrons. The second-order valence-electron chi connectivity index (χ2n) is 4.83. The molecule has 0 amide bonds. The number of ether oxygens (including phenoxy) is 1. The summed E-state index contributed by atoms with van der Waals surface area (Å²) in [6.07, 6.45) is 0.631. The number of anilines is 1. The van der Waals surface area contributed by atoms with Crippen molar-refractivity contribution >= 4 is 5.69 Å². The summed E-state index contributed by atoms with van der Waals surface area (Å²) in [5.41, 5.74) is 7.37. The van der Waals surface area contributed by atoms with E-state index in [1.165, 1.54) is 12.1 Å². The van der Waals surface area contributed by atoms with E-state index in [4.69, 9.17) is 10.5 Å². The lowest BCUT2D eigenvalue weighted by Gasteiger charge is -2.14. The van der Waals surface area contributed by atoms with Crippen molar-refractivity contribution in [1.29, 1.82) is 0 Å². The van der Waals surface area contributed by atoms with Gasteiger partial charge in [0, 0.05) is 31.9 Å². The van der Waals surface area contributed by atoms with Gasteiger partial charge in [-0.1, -0.05) is 6.07 Å². The van der Waals surface area contributed by atoms with Crippen LogP contribution in [0.2, 0.25) is 0 Å². The van der Waals surface area contributed by atoms with Crippen LogP contribution >= 0.6 is 0 Å². The highest BCUT2D eigenvalue weighted by atomic mass is 19.1. The Kier molecular flexibility index (Phi) is 4.58. The van der Waals surface area contributed by atoms with Gasteiger partial charge in [0.05, 0.1) is 0 Å². The van der Waals surface area contributed by atoms with Gasteiger partial charge in [-0.3, -0.25) is 0 Å². The lowest BCUT2D eigenvalue weighted by atomic mass is 10.1. The van der Waals surface area contributed by atoms with Crippen molar-refractivity contribution in [1.82, 2.24) is 0 Å². The lowest BCUT2D eigenvalue weighted by Crippen LogP contribution is -2.08. The third kappa shape index (κ3) is 3.71. The SMILES string of the molecule is CN(C)c1cccc(Oc2cc(F)cc(CCN)c2)c1. The highest BCUT2D eigenvalue weighted by Crippen LogP contribution is 2.26. The molecular weight excluding hydrogens is 255 g/mol. The molecule has 0 bridgehead atoms. The van der Waals surface area contributed by atoms with E-state index < -0.39 is 0 Å². The van der Waals surface area contributed by atoms with E-state index in [0.717, 1.165) is 11.3 Å². The fourth-order valence-electron chi connectivity index (χ4n) is 1.95. The Balaban J connectivity index is 2.23. The van der Waals surface area contributed by atoms with Gasteiger partial charge in [-0.2, -0.15) is 0 Å². The molecule has 0 aromatic heterocycles. The molecule has 0 atom stereocenters. The summed E-state index contributed by atoms with van der Waals surface area (Å²) in [5.74, 6) is 0.861. The molecule has 2 rings (SSSR count). The van der Waals surface area contributed by atoms with Gasteiger partial charge in [-0.15, -0.1) is 0 Å². The average molecular weight is 274 g/mol. The predicted octanol–water partition coefficient (Wildman–Crippen LogP) is 3.19. The highest BCUT2D eigenvalue weighted by Gasteiger charge is 2.04. The molecule has 2 N–H and O–H groups in total. The first-order chi connectivity index (χ1) is 9.58. The fourth-order valence-corrected chi connectivity index (χ4v) is 1.95. The van der Waals surface area contributed by atoms with Gasteiger partial charge in [0.1, 0.15) is 17.3 Å². The van der Waals surface area contributed by atoms with Crippen molar-refractivity contribution in [3.05, 3.63) is 53.8 Å². The van der Waals surface area contributed by atoms with Crippen LogP contribution in [-0.2, 0) is 6.42 Å². The van der Waals surface area contributed by atoms with E-state index in [9.17, 15) is 4.39 Å². The number of nitrogens with zero attached hydrogens (tertiary/aromatic N) is 1. The van der Waals surface area contributed by atoms with Crippen LogP contribution < -0.4 is 15.4 Å². The number of hydrogen-bond acceptors (Lipinski definition) is 3. The molecule has 2 aromatic carbocycles. The number of benzene rings is 2. The Hall–Kier alpha value is -2.07. The second-order valence-corrected chi connectivity index (χ2v) is 4.83. The van der Waals surface area contributed by atoms with Crippen LogP contribution in [0.5, 0.6) is 11.5 Å². The topological polar surface area (TPSA) is 38.5 Å². The first kappa shape index (κ1) is 14.3. The van der Waals surface area contributed by atoms with Crippen LogP contribution in [0.3, 0.4) is 0 Å². The van der Waals surface area contributed by atoms with Crippen LogP contribution in [0.15, 0.2) is 42.5 Å². The Labute approximate surface area is 118 Å². The molecular formula is C16H19FN2O. The molecule has 0 aliphatic rings. The maximum Gasteiger partial charge on any atom is 0.130 e. The molecule has 0 spiro atoms. The summed E-state index contributed by atoms with van der Waals surface area (Å²) >= 11 is 0. The third-order valence-corrected chi connectivity index (χ3v) is 2.93. The van der Waals surface area contributed by atoms with Gasteiger partial charge >= 0.3 is 0 Å². The first-order valence-electron chi connectivity index (χ1n) is 6.53. The summed E-state index contributed by atoms with van der Waals surface area (Å²) in [6.45, 7) is 0.485. The molecule has 0 radical (unpaired) electrons. The Morgan fingerprint density at radius 2 is 1.90 bits per heavy atom. The molecule has 3 nitrogen and oxygen atoms in total. The number of hydrogen-bond donors (Lipinski definition) is 1. The highest BCUT2D eigenvalue weighted by molar-refractivity contribution is 5.50. The fraction of sp³-hybridized carbons (Fsp3) is 0.250. The molecule has 2 aromatic rings. The molecule has 0 unspecified atom stereocenters. The van der Waals surface area contributed by atoms with Crippen LogP contribution in [-0.4, -0.2) is 20.6 Å². The molecule has 4 heteroatoms. The molecule has 0 aliphatic heterocycles. The third-order valence-electron chi connectivity index (χ3n) is 2.93. The van der Waals surface area contributed by atoms with E-state index in [-0.39, 0.29) is 5.82 Å². The van der Waals surface area contributed by atoms with Gasteiger partial charge < -0.3 is 15.4 Å². The van der Waals surface area contributed by atoms with Crippen molar-refractivity contribution in [2.24, 2.45) is 5.73 Å². The quantitative estimate of drug-likeness (QED) is 0.910. The lowest BCUT2D eigenvalue weighted by molar-refractivity contribution is 0.476. The zero-order chi connectivity index (χ0) is 14.5. The Morgan fingerprint density at radius 3 is 2.60 bits per heavy atom. The maximum absolute atomic E-state index is 13.5. The number of nitrogens with two attached hydrogens (primary N) is 1. The minimum atomic E-state index is -0.310. The number of rotatable bonds is 5. The van der Waals surface area contributed by atoms with Crippen LogP contribution in [0.4, 0.5) is 10.1 Å². The van der Waals surface area contributed by atoms with E-state index >= 15 is 0 Å². The smallest absolute Gasteiger partial charge is 0.130 e. The van der Waals surface area contributed by atoms with Gasteiger partial charge in [0.15, 0.2) is 0 Å². The normalized spacial score (nSPS) is 10.4. The van der Waals surface area contributed by atoms with Crippen molar-refractivity contribution in [3.8, 4) is 11.5 Å². The van der Waals surface area contributed by atoms with E-state index in [0.29, 0.717) is 24.5 Å². The van der Waals surface area contributed by atoms with E-state index in [1.54, 1.807) is 0 Å². The van der Waals surface area contributed by atoms with Crippen molar-refractivity contribution in [2.75, 3.05) is 25.5 Å². The molecule has 0 heterocycles. The van der Waals surface area contributed by atoms with E-state index in [2.05, 4.69) is 0 Å². The summed E-state index contributed by atoms with van der Waals surface area (Å²) in [5, 5.41) is 0. The molecule has 0 saturated carbocycles. The Bertz CT molecular complexity index is 584. The summed E-state index contributed by atoms with van der Waals surface area (Å²) in [7, 11) is 3.92. The summed E-state index contributed by atoms with van der Waals surface area (Å²) in [6, 6.07) is 12.3. The molecule has 0 aliphatic carbocycles. The van der Waals surface area contributed by atoms with Crippen LogP contribution in [0.25, 0.3) is 0 Å². The van der Waals surface area contributed by atoms with Crippen LogP contribution in [0.1, 0.15) is 5.56 Å². The Morgan fingerprint density at radius 1 is 1.10 bits per heavy atom. The van der Waals surface area contributed by atoms with Crippen molar-refractivity contribution < 1.29 is 9.13 Å². The standard InChI is InChI=1S/C16H19FN2O/c1-19(2)14-4-3-5-15(11-14)20-16-9-12(6-7-18)8-13(17)10-16/h3-5,8-11H,6-7,18H2,1-2H3. The zero-order valence-corrected chi connectivity index (χ0v) is 11.8. The molecule has 20 heavy (non-hydrogen) atoms. The van der Waals surface area contributed by atoms with Crippen LogP contribution in [0, 0.1) is 5.82 Å². The monoisotopic (exact) mass is 274 g/mol. The van der Waals surface area contributed by atoms with Gasteiger partial charge in [0.25, 0.3) is 0 Å². The first-order valence-corrected chi connectivity index (χ1v) is 6.53. The van der Waals surface area contributed by atoms with Gasteiger partial charge in [-0.05, 0) is 42.8 Å². The average Bonchev–Trinajstić information content (AvgIpc) is 2.38. The zero-order valence-electron chi connectivity index (χ0n) is 11.8. The minimum Gasteiger partial charge on any atom is -0.457 e. The summed E-state index contributed by atoms with van der Waals surface area (Å²) < 4.78 is 19.3.